The van der Waals surface area contributed by atoms with Gasteiger partial charge in [-0.05, 0) is 199 Å². The molecule has 4 aliphatic carbocycles. The van der Waals surface area contributed by atoms with Gasteiger partial charge in [-0.2, -0.15) is 0 Å². The molecule has 0 amide bonds. The average molecular weight is 1130 g/mol. The summed E-state index contributed by atoms with van der Waals surface area (Å²) < 4.78 is 3.39. The van der Waals surface area contributed by atoms with E-state index < -0.39 is 10.8 Å². The Morgan fingerprint density at radius 2 is 0.671 bits per heavy atom. The molecule has 11 aromatic rings. The molecule has 0 unspecified atom stereocenters. The minimum Gasteiger partial charge on any atom is -0.292 e. The van der Waals surface area contributed by atoms with Gasteiger partial charge in [-0.15, -0.1) is 0 Å². The molecule has 0 aliphatic heterocycles. The lowest BCUT2D eigenvalue weighted by atomic mass is 9.67. The zero-order valence-electron chi connectivity index (χ0n) is 49.3. The fourth-order valence-corrected chi connectivity index (χ4v) is 15.2. The number of halogens is 1. The van der Waals surface area contributed by atoms with Crippen molar-refractivity contribution in [2.75, 3.05) is 0 Å². The van der Waals surface area contributed by atoms with E-state index in [0.29, 0.717) is 0 Å². The van der Waals surface area contributed by atoms with Gasteiger partial charge in [0.15, 0.2) is 0 Å². The Labute approximate surface area is 493 Å². The van der Waals surface area contributed by atoms with Gasteiger partial charge in [-0.1, -0.05) is 245 Å². The van der Waals surface area contributed by atoms with Crippen LogP contribution in [0, 0.1) is 0 Å². The smallest absolute Gasteiger partial charge is 0.145 e. The summed E-state index contributed by atoms with van der Waals surface area (Å²) in [7, 11) is 0. The predicted molar refractivity (Wildman–Crippen MR) is 347 cm³/mol. The van der Waals surface area contributed by atoms with Gasteiger partial charge >= 0.3 is 0 Å². The topological polar surface area (TPSA) is 17.8 Å². The van der Waals surface area contributed by atoms with Crippen molar-refractivity contribution < 1.29 is 0 Å². The molecule has 0 N–H and O–H groups in total. The Hall–Kier alpha value is -7.85. The van der Waals surface area contributed by atoms with E-state index in [-0.39, 0.29) is 21.7 Å². The maximum atomic E-state index is 5.26. The van der Waals surface area contributed by atoms with E-state index in [4.69, 9.17) is 4.98 Å². The lowest BCUT2D eigenvalue weighted by molar-refractivity contribution is 0.586. The van der Waals surface area contributed by atoms with Gasteiger partial charge < -0.3 is 0 Å². The van der Waals surface area contributed by atoms with Crippen LogP contribution in [-0.4, -0.2) is 9.55 Å². The minimum atomic E-state index is -0.626. The summed E-state index contributed by atoms with van der Waals surface area (Å²) in [5.41, 5.74) is 32.0. The monoisotopic (exact) mass is 1120 g/mol. The van der Waals surface area contributed by atoms with Crippen LogP contribution >= 0.6 is 15.9 Å². The summed E-state index contributed by atoms with van der Waals surface area (Å²) >= 11 is 4.08. The Kier molecular flexibility index (Phi) is 10.7. The Balaban J connectivity index is 1.03. The molecule has 0 atom stereocenters. The first kappa shape index (κ1) is 51.1. The van der Waals surface area contributed by atoms with Crippen LogP contribution in [-0.2, 0) is 32.5 Å². The van der Waals surface area contributed by atoms with E-state index in [2.05, 4.69) is 304 Å². The highest BCUT2D eigenvalue weighted by Gasteiger charge is 2.57. The van der Waals surface area contributed by atoms with E-state index >= 15 is 0 Å². The van der Waals surface area contributed by atoms with Gasteiger partial charge in [0.1, 0.15) is 5.82 Å². The highest BCUT2D eigenvalue weighted by atomic mass is 79.9. The SMILES string of the molecule is CC(C)(C)c1ccc2c(c1)C1(c3cc(Br)ccc3-c3cc4c(cc31)-c1ccc(-c3ccc(-c5nc6ccccc6n5-c5ccccc5)cc3)cc1C41c3cc(C(C)(C)C)ccc3-c3ccc(C(C)(C)C)cc31)c1cc(C(C)(C)C)ccc1-2. The van der Waals surface area contributed by atoms with Gasteiger partial charge in [0, 0.05) is 15.7 Å². The van der Waals surface area contributed by atoms with Gasteiger partial charge in [0.2, 0.25) is 0 Å². The quantitative estimate of drug-likeness (QED) is 0.172. The van der Waals surface area contributed by atoms with E-state index in [9.17, 15) is 0 Å². The number of imidazole rings is 1. The lowest BCUT2D eigenvalue weighted by Crippen LogP contribution is -2.28. The molecule has 2 spiro atoms. The molecule has 1 aromatic heterocycles. The van der Waals surface area contributed by atoms with Crippen LogP contribution in [0.1, 0.15) is 150 Å². The number of rotatable bonds is 3. The van der Waals surface area contributed by atoms with E-state index in [1.54, 1.807) is 0 Å². The molecule has 0 saturated carbocycles. The van der Waals surface area contributed by atoms with E-state index in [0.717, 1.165) is 32.6 Å². The summed E-state index contributed by atoms with van der Waals surface area (Å²) in [5.74, 6) is 0.933. The number of hydrogen-bond acceptors (Lipinski definition) is 1. The van der Waals surface area contributed by atoms with Crippen molar-refractivity contribution in [3.8, 4) is 72.7 Å². The summed E-state index contributed by atoms with van der Waals surface area (Å²) in [6, 6.07) is 77.9. The highest BCUT2D eigenvalue weighted by Crippen LogP contribution is 2.69. The molecule has 1 heterocycles. The molecule has 10 aromatic carbocycles. The van der Waals surface area contributed by atoms with Crippen LogP contribution in [0.5, 0.6) is 0 Å². The van der Waals surface area contributed by atoms with Crippen LogP contribution in [0.15, 0.2) is 205 Å². The zero-order chi connectivity index (χ0) is 56.8. The van der Waals surface area contributed by atoms with Gasteiger partial charge in [-0.25, -0.2) is 4.98 Å². The molecule has 0 saturated heterocycles. The first-order chi connectivity index (χ1) is 39.1. The Bertz CT molecular complexity index is 4410. The summed E-state index contributed by atoms with van der Waals surface area (Å²) in [5, 5.41) is 0. The third-order valence-corrected chi connectivity index (χ3v) is 19.6. The van der Waals surface area contributed by atoms with Crippen molar-refractivity contribution in [2.45, 2.75) is 116 Å². The van der Waals surface area contributed by atoms with Crippen LogP contribution in [0.25, 0.3) is 83.7 Å². The number of hydrogen-bond donors (Lipinski definition) is 0. The first-order valence-corrected chi connectivity index (χ1v) is 30.2. The second kappa shape index (κ2) is 17.1. The number of para-hydroxylation sites is 3. The normalized spacial score (nSPS) is 14.8. The molecule has 0 radical (unpaired) electrons. The van der Waals surface area contributed by atoms with Crippen LogP contribution in [0.2, 0.25) is 0 Å². The Morgan fingerprint density at radius 1 is 0.317 bits per heavy atom. The molecule has 2 nitrogen and oxygen atoms in total. The number of fused-ring (bicyclic) bond motifs is 21. The summed E-state index contributed by atoms with van der Waals surface area (Å²) in [4.78, 5) is 5.26. The standard InChI is InChI=1S/C79H69BrN2/c1-74(2,3)49-27-33-55-56-34-28-50(75(4,5)6)40-65(56)78(64(55)39-49)63-38-48(46-22-24-47(25-23-46)73-81-71-20-16-17-21-72(71)82(73)54-18-14-13-15-19-54)26-32-59(63)61-44-70-62(45-69(61)78)60-37-31-53(80)43-68(60)79(70)66-41-51(76(7,8)9)29-35-57(66)58-36-30-52(42-67(58)79)77(10,11)12/h13-45H,1-12H3. The third-order valence-electron chi connectivity index (χ3n) is 19.1. The minimum absolute atomic E-state index is 0.0511. The van der Waals surface area contributed by atoms with E-state index in [1.165, 1.54) is 122 Å². The molecule has 0 bridgehead atoms. The van der Waals surface area contributed by atoms with Gasteiger partial charge in [0.05, 0.1) is 21.9 Å². The largest absolute Gasteiger partial charge is 0.292 e. The first-order valence-electron chi connectivity index (χ1n) is 29.4. The molecule has 3 heteroatoms. The van der Waals surface area contributed by atoms with E-state index in [1.807, 2.05) is 0 Å². The van der Waals surface area contributed by atoms with Crippen LogP contribution < -0.4 is 0 Å². The van der Waals surface area contributed by atoms with Crippen molar-refractivity contribution in [1.29, 1.82) is 0 Å². The second-order valence-electron chi connectivity index (χ2n) is 28.1. The fourth-order valence-electron chi connectivity index (χ4n) is 14.8. The van der Waals surface area contributed by atoms with Crippen molar-refractivity contribution in [3.63, 3.8) is 0 Å². The molecule has 15 rings (SSSR count). The fraction of sp³-hybridized carbons (Fsp3) is 0.228. The predicted octanol–water partition coefficient (Wildman–Crippen LogP) is 21.0. The lowest BCUT2D eigenvalue weighted by Gasteiger charge is -2.34. The van der Waals surface area contributed by atoms with Crippen LogP contribution in [0.3, 0.4) is 0 Å². The van der Waals surface area contributed by atoms with Crippen molar-refractivity contribution in [2.24, 2.45) is 0 Å². The van der Waals surface area contributed by atoms with Gasteiger partial charge in [0.25, 0.3) is 0 Å². The molecule has 82 heavy (non-hydrogen) atoms. The maximum Gasteiger partial charge on any atom is 0.145 e. The third kappa shape index (κ3) is 7.08. The van der Waals surface area contributed by atoms with Crippen molar-refractivity contribution >= 4 is 27.0 Å². The molecular weight excluding hydrogens is 1060 g/mol. The molecule has 402 valence electrons. The van der Waals surface area contributed by atoms with Crippen molar-refractivity contribution in [3.05, 3.63) is 271 Å². The average Bonchev–Trinajstić information content (AvgIpc) is 1.57. The summed E-state index contributed by atoms with van der Waals surface area (Å²) in [6.07, 6.45) is 0. The highest BCUT2D eigenvalue weighted by molar-refractivity contribution is 9.10. The maximum absolute atomic E-state index is 5.26. The number of nitrogens with zero attached hydrogens (tertiary/aromatic N) is 2. The Morgan fingerprint density at radius 3 is 1.13 bits per heavy atom. The number of benzene rings is 10. The summed E-state index contributed by atoms with van der Waals surface area (Å²) in [6.45, 7) is 28.3. The number of aromatic nitrogens is 2. The zero-order valence-corrected chi connectivity index (χ0v) is 50.9. The van der Waals surface area contributed by atoms with Crippen molar-refractivity contribution in [1.82, 2.24) is 9.55 Å². The molecular formula is C79H69BrN2. The second-order valence-corrected chi connectivity index (χ2v) is 29.0. The molecule has 4 aliphatic rings. The van der Waals surface area contributed by atoms with Gasteiger partial charge in [-0.3, -0.25) is 4.57 Å². The molecule has 0 fully saturated rings. The van der Waals surface area contributed by atoms with Crippen LogP contribution in [0.4, 0.5) is 0 Å².